The summed E-state index contributed by atoms with van der Waals surface area (Å²) in [5.41, 5.74) is 1.18. The van der Waals surface area contributed by atoms with Gasteiger partial charge < -0.3 is 5.32 Å². The van der Waals surface area contributed by atoms with Crippen LogP contribution in [-0.4, -0.2) is 27.5 Å². The van der Waals surface area contributed by atoms with Crippen LogP contribution >= 0.6 is 0 Å². The van der Waals surface area contributed by atoms with Gasteiger partial charge in [-0.05, 0) is 55.8 Å². The fourth-order valence-electron chi connectivity index (χ4n) is 2.73. The molecule has 1 aromatic carbocycles. The molecule has 0 radical (unpaired) electrons. The first kappa shape index (κ1) is 16.5. The zero-order chi connectivity index (χ0) is 15.3. The van der Waals surface area contributed by atoms with Crippen LogP contribution in [0.1, 0.15) is 38.7 Å². The average Bonchev–Trinajstić information content (AvgIpc) is 2.91. The number of nitrogens with one attached hydrogen (secondary N) is 2. The van der Waals surface area contributed by atoms with E-state index in [1.54, 1.807) is 12.1 Å². The molecule has 0 aromatic heterocycles. The molecule has 0 unspecified atom stereocenters. The van der Waals surface area contributed by atoms with E-state index >= 15 is 0 Å². The molecule has 2 rings (SSSR count). The van der Waals surface area contributed by atoms with Crippen molar-refractivity contribution < 1.29 is 8.42 Å². The summed E-state index contributed by atoms with van der Waals surface area (Å²) >= 11 is 0. The van der Waals surface area contributed by atoms with Gasteiger partial charge in [0.25, 0.3) is 0 Å². The number of hydrogen-bond donors (Lipinski definition) is 2. The molecule has 0 aliphatic carbocycles. The molecule has 4 nitrogen and oxygen atoms in total. The highest BCUT2D eigenvalue weighted by Gasteiger charge is 2.17. The van der Waals surface area contributed by atoms with Gasteiger partial charge in [-0.15, -0.1) is 0 Å². The highest BCUT2D eigenvalue weighted by molar-refractivity contribution is 7.89. The SMILES string of the molecule is CC(C)Cc1ccc(S(=O)(=O)NCC[C@H]2CCCN2)cc1. The van der Waals surface area contributed by atoms with Crippen LogP contribution in [-0.2, 0) is 16.4 Å². The minimum atomic E-state index is -3.37. The van der Waals surface area contributed by atoms with Crippen LogP contribution in [0.25, 0.3) is 0 Å². The van der Waals surface area contributed by atoms with E-state index in [4.69, 9.17) is 0 Å². The summed E-state index contributed by atoms with van der Waals surface area (Å²) in [6.07, 6.45) is 4.16. The van der Waals surface area contributed by atoms with Crippen molar-refractivity contribution in [2.45, 2.75) is 50.5 Å². The molecule has 118 valence electrons. The highest BCUT2D eigenvalue weighted by Crippen LogP contribution is 2.14. The Hall–Kier alpha value is -0.910. The molecule has 1 heterocycles. The Labute approximate surface area is 128 Å². The van der Waals surface area contributed by atoms with Crippen molar-refractivity contribution >= 4 is 10.0 Å². The third-order valence-electron chi connectivity index (χ3n) is 3.82. The molecule has 1 saturated heterocycles. The van der Waals surface area contributed by atoms with Gasteiger partial charge in [-0.3, -0.25) is 0 Å². The van der Waals surface area contributed by atoms with Crippen LogP contribution in [0.15, 0.2) is 29.2 Å². The lowest BCUT2D eigenvalue weighted by Gasteiger charge is -2.12. The quantitative estimate of drug-likeness (QED) is 0.812. The van der Waals surface area contributed by atoms with Crippen molar-refractivity contribution in [3.8, 4) is 0 Å². The molecule has 1 aliphatic heterocycles. The second kappa shape index (κ2) is 7.38. The maximum atomic E-state index is 12.2. The van der Waals surface area contributed by atoms with E-state index in [2.05, 4.69) is 23.9 Å². The van der Waals surface area contributed by atoms with Gasteiger partial charge >= 0.3 is 0 Å². The molecule has 0 amide bonds. The van der Waals surface area contributed by atoms with Crippen molar-refractivity contribution in [3.05, 3.63) is 29.8 Å². The Balaban J connectivity index is 1.88. The first-order valence-corrected chi connectivity index (χ1v) is 9.27. The second-order valence-electron chi connectivity index (χ2n) is 6.22. The van der Waals surface area contributed by atoms with Gasteiger partial charge in [0.15, 0.2) is 0 Å². The lowest BCUT2D eigenvalue weighted by Crippen LogP contribution is -2.30. The second-order valence-corrected chi connectivity index (χ2v) is 7.99. The van der Waals surface area contributed by atoms with Crippen molar-refractivity contribution in [2.75, 3.05) is 13.1 Å². The maximum absolute atomic E-state index is 12.2. The minimum absolute atomic E-state index is 0.356. The van der Waals surface area contributed by atoms with Crippen LogP contribution in [0, 0.1) is 5.92 Å². The van der Waals surface area contributed by atoms with Crippen molar-refractivity contribution in [1.82, 2.24) is 10.0 Å². The molecule has 1 aliphatic rings. The molecule has 0 saturated carbocycles. The molecule has 21 heavy (non-hydrogen) atoms. The van der Waals surface area contributed by atoms with Gasteiger partial charge in [-0.25, -0.2) is 13.1 Å². The molecule has 5 heteroatoms. The van der Waals surface area contributed by atoms with Crippen LogP contribution in [0.5, 0.6) is 0 Å². The Bertz CT molecular complexity index is 532. The molecule has 1 aromatic rings. The zero-order valence-electron chi connectivity index (χ0n) is 12.9. The molecular weight excluding hydrogens is 284 g/mol. The van der Waals surface area contributed by atoms with Gasteiger partial charge in [0.1, 0.15) is 0 Å². The molecule has 0 spiro atoms. The average molecular weight is 310 g/mol. The monoisotopic (exact) mass is 310 g/mol. The fourth-order valence-corrected chi connectivity index (χ4v) is 3.78. The van der Waals surface area contributed by atoms with Crippen molar-refractivity contribution in [1.29, 1.82) is 0 Å². The Morgan fingerprint density at radius 3 is 2.57 bits per heavy atom. The van der Waals surface area contributed by atoms with Gasteiger partial charge in [-0.2, -0.15) is 0 Å². The summed E-state index contributed by atoms with van der Waals surface area (Å²) in [6.45, 7) is 5.86. The first-order chi connectivity index (χ1) is 9.97. The van der Waals surface area contributed by atoms with E-state index in [0.717, 1.165) is 25.8 Å². The normalized spacial score (nSPS) is 19.3. The Morgan fingerprint density at radius 1 is 1.29 bits per heavy atom. The van der Waals surface area contributed by atoms with E-state index in [1.165, 1.54) is 12.0 Å². The number of rotatable bonds is 7. The summed E-state index contributed by atoms with van der Waals surface area (Å²) in [6, 6.07) is 7.68. The Kier molecular flexibility index (Phi) is 5.79. The van der Waals surface area contributed by atoms with Crippen LogP contribution in [0.2, 0.25) is 0 Å². The van der Waals surface area contributed by atoms with E-state index < -0.39 is 10.0 Å². The lowest BCUT2D eigenvalue weighted by molar-refractivity contribution is 0.539. The van der Waals surface area contributed by atoms with Gasteiger partial charge in [0, 0.05) is 12.6 Å². The summed E-state index contributed by atoms with van der Waals surface area (Å²) in [4.78, 5) is 0.356. The summed E-state index contributed by atoms with van der Waals surface area (Å²) in [5.74, 6) is 0.574. The Morgan fingerprint density at radius 2 is 2.00 bits per heavy atom. The minimum Gasteiger partial charge on any atom is -0.314 e. The molecule has 0 bridgehead atoms. The predicted molar refractivity (Wildman–Crippen MR) is 85.8 cm³/mol. The third kappa shape index (κ3) is 5.09. The van der Waals surface area contributed by atoms with Gasteiger partial charge in [0.05, 0.1) is 4.90 Å². The molecular formula is C16H26N2O2S. The standard InChI is InChI=1S/C16H26N2O2S/c1-13(2)12-14-5-7-16(8-6-14)21(19,20)18-11-9-15-4-3-10-17-15/h5-8,13,15,17-18H,3-4,9-12H2,1-2H3/t15-/m1/s1. The zero-order valence-corrected chi connectivity index (χ0v) is 13.7. The van der Waals surface area contributed by atoms with Crippen molar-refractivity contribution in [3.63, 3.8) is 0 Å². The molecule has 2 N–H and O–H groups in total. The van der Waals surface area contributed by atoms with E-state index in [1.807, 2.05) is 12.1 Å². The van der Waals surface area contributed by atoms with Gasteiger partial charge in [0.2, 0.25) is 10.0 Å². The van der Waals surface area contributed by atoms with E-state index in [9.17, 15) is 8.42 Å². The van der Waals surface area contributed by atoms with Crippen LogP contribution in [0.4, 0.5) is 0 Å². The number of hydrogen-bond acceptors (Lipinski definition) is 3. The molecule has 1 atom stereocenters. The predicted octanol–water partition coefficient (Wildman–Crippen LogP) is 2.31. The first-order valence-electron chi connectivity index (χ1n) is 7.79. The number of benzene rings is 1. The fraction of sp³-hybridized carbons (Fsp3) is 0.625. The van der Waals surface area contributed by atoms with Crippen molar-refractivity contribution in [2.24, 2.45) is 5.92 Å². The summed E-state index contributed by atoms with van der Waals surface area (Å²) < 4.78 is 27.1. The largest absolute Gasteiger partial charge is 0.314 e. The smallest absolute Gasteiger partial charge is 0.240 e. The third-order valence-corrected chi connectivity index (χ3v) is 5.30. The van der Waals surface area contributed by atoms with E-state index in [0.29, 0.717) is 23.4 Å². The van der Waals surface area contributed by atoms with E-state index in [-0.39, 0.29) is 0 Å². The topological polar surface area (TPSA) is 58.2 Å². The van der Waals surface area contributed by atoms with Crippen LogP contribution < -0.4 is 10.0 Å². The number of sulfonamides is 1. The van der Waals surface area contributed by atoms with Gasteiger partial charge in [-0.1, -0.05) is 26.0 Å². The van der Waals surface area contributed by atoms with Crippen LogP contribution in [0.3, 0.4) is 0 Å². The highest BCUT2D eigenvalue weighted by atomic mass is 32.2. The summed E-state index contributed by atoms with van der Waals surface area (Å²) in [5, 5.41) is 3.37. The lowest BCUT2D eigenvalue weighted by atomic mass is 10.0. The summed E-state index contributed by atoms with van der Waals surface area (Å²) in [7, 11) is -3.37. The molecule has 1 fully saturated rings. The maximum Gasteiger partial charge on any atom is 0.240 e.